The summed E-state index contributed by atoms with van der Waals surface area (Å²) in [5.41, 5.74) is 7.79. The van der Waals surface area contributed by atoms with Crippen molar-refractivity contribution in [3.63, 3.8) is 0 Å². The van der Waals surface area contributed by atoms with Crippen LogP contribution in [-0.4, -0.2) is 9.97 Å². The molecule has 1 radical (unpaired) electrons. The fraction of sp³-hybridized carbons (Fsp3) is 0.125. The molecule has 0 saturated heterocycles. The number of hydrogen-bond acceptors (Lipinski definition) is 2. The molecule has 177 valence electrons. The second-order valence-electron chi connectivity index (χ2n) is 8.69. The van der Waals surface area contributed by atoms with Crippen LogP contribution in [0.5, 0.6) is 0 Å². The SMILES string of the molecule is Cc1ccnc(-c2[c-]ccc(C(C)(C)c3ccccc3)c2)c1.[Ir].[c-]1ccccc1-c1ccccn1. The minimum atomic E-state index is -0.0467. The molecule has 0 amide bonds. The van der Waals surface area contributed by atoms with E-state index in [0.717, 1.165) is 22.5 Å². The van der Waals surface area contributed by atoms with Crippen molar-refractivity contribution < 1.29 is 20.1 Å². The summed E-state index contributed by atoms with van der Waals surface area (Å²) < 4.78 is 0. The normalized spacial score (nSPS) is 10.5. The number of aryl methyl sites for hydroxylation is 1. The van der Waals surface area contributed by atoms with E-state index in [1.807, 2.05) is 60.8 Å². The van der Waals surface area contributed by atoms with Gasteiger partial charge in [-0.2, -0.15) is 0 Å². The van der Waals surface area contributed by atoms with Crippen LogP contribution in [0.15, 0.2) is 116 Å². The van der Waals surface area contributed by atoms with Gasteiger partial charge in [-0.05, 0) is 41.4 Å². The zero-order chi connectivity index (χ0) is 23.8. The Bertz CT molecular complexity index is 1280. The second kappa shape index (κ2) is 12.4. The number of rotatable bonds is 4. The van der Waals surface area contributed by atoms with Gasteiger partial charge < -0.3 is 9.97 Å². The standard InChI is InChI=1S/C21H20N.C11H8N.Ir/c1-16-12-13-22-20(14-16)17-8-7-11-19(15-17)21(2,3)18-9-5-4-6-10-18;1-2-6-10(7-3-1)11-8-4-5-9-12-11;/h4-7,9-15H,1-3H3;1-6,8-9H;/q2*-1;. The molecule has 0 aliphatic heterocycles. The molecule has 3 heteroatoms. The monoisotopic (exact) mass is 633 g/mol. The maximum Gasteiger partial charge on any atom is 0.0163 e. The van der Waals surface area contributed by atoms with Gasteiger partial charge in [-0.25, -0.2) is 0 Å². The Kier molecular flexibility index (Phi) is 9.25. The maximum absolute atomic E-state index is 4.47. The first-order valence-electron chi connectivity index (χ1n) is 11.4. The van der Waals surface area contributed by atoms with E-state index in [9.17, 15) is 0 Å². The molecular formula is C32H28IrN2-2. The van der Waals surface area contributed by atoms with Crippen molar-refractivity contribution in [3.05, 3.63) is 144 Å². The topological polar surface area (TPSA) is 25.8 Å². The van der Waals surface area contributed by atoms with Gasteiger partial charge in [-0.15, -0.1) is 71.3 Å². The van der Waals surface area contributed by atoms with Gasteiger partial charge in [0, 0.05) is 32.5 Å². The average molecular weight is 633 g/mol. The smallest absolute Gasteiger partial charge is 0.0163 e. The Hall–Kier alpha value is -3.39. The summed E-state index contributed by atoms with van der Waals surface area (Å²) in [6.07, 6.45) is 3.64. The molecule has 0 spiro atoms. The van der Waals surface area contributed by atoms with Crippen molar-refractivity contribution >= 4 is 0 Å². The van der Waals surface area contributed by atoms with E-state index in [1.54, 1.807) is 6.20 Å². The summed E-state index contributed by atoms with van der Waals surface area (Å²) >= 11 is 0. The van der Waals surface area contributed by atoms with Crippen LogP contribution < -0.4 is 0 Å². The van der Waals surface area contributed by atoms with Crippen molar-refractivity contribution in [3.8, 4) is 22.5 Å². The summed E-state index contributed by atoms with van der Waals surface area (Å²) in [6.45, 7) is 6.60. The van der Waals surface area contributed by atoms with Gasteiger partial charge in [-0.1, -0.05) is 67.9 Å². The first-order valence-corrected chi connectivity index (χ1v) is 11.4. The molecule has 0 bridgehead atoms. The Morgan fingerprint density at radius 3 is 2.00 bits per heavy atom. The molecule has 0 N–H and O–H groups in total. The third kappa shape index (κ3) is 6.82. The van der Waals surface area contributed by atoms with Crippen LogP contribution in [0.4, 0.5) is 0 Å². The van der Waals surface area contributed by atoms with Crippen molar-refractivity contribution in [1.82, 2.24) is 9.97 Å². The van der Waals surface area contributed by atoms with Crippen LogP contribution in [-0.2, 0) is 25.5 Å². The third-order valence-corrected chi connectivity index (χ3v) is 5.86. The van der Waals surface area contributed by atoms with E-state index in [1.165, 1.54) is 16.7 Å². The van der Waals surface area contributed by atoms with Gasteiger partial charge in [0.15, 0.2) is 0 Å². The predicted molar refractivity (Wildman–Crippen MR) is 140 cm³/mol. The zero-order valence-electron chi connectivity index (χ0n) is 20.2. The largest absolute Gasteiger partial charge is 0.305 e. The van der Waals surface area contributed by atoms with Gasteiger partial charge in [0.05, 0.1) is 0 Å². The van der Waals surface area contributed by atoms with Gasteiger partial charge in [0.1, 0.15) is 0 Å². The molecule has 35 heavy (non-hydrogen) atoms. The molecule has 5 aromatic rings. The number of nitrogens with zero attached hydrogens (tertiary/aromatic N) is 2. The summed E-state index contributed by atoms with van der Waals surface area (Å²) in [5.74, 6) is 0. The Labute approximate surface area is 222 Å². The minimum absolute atomic E-state index is 0. The van der Waals surface area contributed by atoms with E-state index in [4.69, 9.17) is 0 Å². The van der Waals surface area contributed by atoms with Crippen molar-refractivity contribution in [2.75, 3.05) is 0 Å². The molecule has 0 unspecified atom stereocenters. The molecule has 3 aromatic carbocycles. The molecule has 0 saturated carbocycles. The average Bonchev–Trinajstić information content (AvgIpc) is 2.91. The zero-order valence-corrected chi connectivity index (χ0v) is 22.6. The van der Waals surface area contributed by atoms with Gasteiger partial charge >= 0.3 is 0 Å². The van der Waals surface area contributed by atoms with Crippen LogP contribution in [0.2, 0.25) is 0 Å². The first-order chi connectivity index (χ1) is 16.5. The Morgan fingerprint density at radius 2 is 1.31 bits per heavy atom. The molecule has 2 nitrogen and oxygen atoms in total. The molecule has 0 fully saturated rings. The van der Waals surface area contributed by atoms with E-state index in [0.29, 0.717) is 0 Å². The van der Waals surface area contributed by atoms with Crippen molar-refractivity contribution in [2.24, 2.45) is 0 Å². The quantitative estimate of drug-likeness (QED) is 0.190. The molecule has 0 aliphatic carbocycles. The summed E-state index contributed by atoms with van der Waals surface area (Å²) in [5, 5.41) is 0. The maximum atomic E-state index is 4.47. The van der Waals surface area contributed by atoms with E-state index in [2.05, 4.69) is 91.4 Å². The molecule has 0 atom stereocenters. The van der Waals surface area contributed by atoms with Crippen LogP contribution in [0.1, 0.15) is 30.5 Å². The first kappa shape index (κ1) is 26.2. The van der Waals surface area contributed by atoms with Crippen molar-refractivity contribution in [2.45, 2.75) is 26.2 Å². The van der Waals surface area contributed by atoms with Crippen LogP contribution in [0, 0.1) is 19.1 Å². The van der Waals surface area contributed by atoms with Crippen LogP contribution in [0.25, 0.3) is 22.5 Å². The van der Waals surface area contributed by atoms with Crippen LogP contribution in [0.3, 0.4) is 0 Å². The Morgan fingerprint density at radius 1 is 0.600 bits per heavy atom. The molecule has 2 aromatic heterocycles. The van der Waals surface area contributed by atoms with E-state index in [-0.39, 0.29) is 25.5 Å². The Balaban J connectivity index is 0.000000223. The number of aromatic nitrogens is 2. The summed E-state index contributed by atoms with van der Waals surface area (Å²) in [7, 11) is 0. The van der Waals surface area contributed by atoms with E-state index >= 15 is 0 Å². The number of pyridine rings is 2. The summed E-state index contributed by atoms with van der Waals surface area (Å²) in [6, 6.07) is 41.2. The molecular weight excluding hydrogens is 605 g/mol. The third-order valence-electron chi connectivity index (χ3n) is 5.86. The van der Waals surface area contributed by atoms with E-state index < -0.39 is 0 Å². The molecule has 5 rings (SSSR count). The number of benzene rings is 3. The second-order valence-corrected chi connectivity index (χ2v) is 8.69. The predicted octanol–water partition coefficient (Wildman–Crippen LogP) is 7.73. The van der Waals surface area contributed by atoms with Gasteiger partial charge in [0.25, 0.3) is 0 Å². The van der Waals surface area contributed by atoms with Gasteiger partial charge in [-0.3, -0.25) is 0 Å². The fourth-order valence-corrected chi connectivity index (χ4v) is 3.78. The van der Waals surface area contributed by atoms with Gasteiger partial charge in [0.2, 0.25) is 0 Å². The van der Waals surface area contributed by atoms with Crippen molar-refractivity contribution in [1.29, 1.82) is 0 Å². The van der Waals surface area contributed by atoms with Crippen LogP contribution >= 0.6 is 0 Å². The number of hydrogen-bond donors (Lipinski definition) is 0. The molecule has 2 heterocycles. The fourth-order valence-electron chi connectivity index (χ4n) is 3.78. The summed E-state index contributed by atoms with van der Waals surface area (Å²) in [4.78, 5) is 8.69. The minimum Gasteiger partial charge on any atom is -0.305 e. The molecule has 0 aliphatic rings.